The second kappa shape index (κ2) is 9.81. The van der Waals surface area contributed by atoms with Gasteiger partial charge < -0.3 is 10.2 Å². The van der Waals surface area contributed by atoms with Crippen LogP contribution in [0.2, 0.25) is 0 Å². The molecule has 1 saturated heterocycles. The summed E-state index contributed by atoms with van der Waals surface area (Å²) in [6.07, 6.45) is 5.00. The molecule has 6 heteroatoms. The highest BCUT2D eigenvalue weighted by molar-refractivity contribution is 6.01. The van der Waals surface area contributed by atoms with E-state index in [0.717, 1.165) is 49.0 Å². The highest BCUT2D eigenvalue weighted by Gasteiger charge is 2.21. The van der Waals surface area contributed by atoms with E-state index in [4.69, 9.17) is 5.10 Å². The minimum Gasteiger partial charge on any atom is -0.343 e. The predicted octanol–water partition coefficient (Wildman–Crippen LogP) is 3.96. The Kier molecular flexibility index (Phi) is 6.69. The third-order valence-electron chi connectivity index (χ3n) is 6.08. The number of benzene rings is 2. The van der Waals surface area contributed by atoms with Crippen molar-refractivity contribution < 1.29 is 9.59 Å². The van der Waals surface area contributed by atoms with Crippen molar-refractivity contribution in [2.75, 3.05) is 19.6 Å². The van der Waals surface area contributed by atoms with E-state index in [2.05, 4.69) is 25.2 Å². The van der Waals surface area contributed by atoms with Crippen LogP contribution in [0.3, 0.4) is 0 Å². The fourth-order valence-corrected chi connectivity index (χ4v) is 4.05. The number of rotatable bonds is 6. The largest absolute Gasteiger partial charge is 0.343 e. The summed E-state index contributed by atoms with van der Waals surface area (Å²) in [4.78, 5) is 27.5. The first kappa shape index (κ1) is 21.8. The molecule has 3 aromatic rings. The third kappa shape index (κ3) is 5.07. The number of likely N-dealkylation sites (tertiary alicyclic amines) is 1. The lowest BCUT2D eigenvalue weighted by Crippen LogP contribution is -2.42. The number of nitrogens with one attached hydrogen (secondary N) is 1. The molecule has 1 aliphatic heterocycles. The monoisotopic (exact) mass is 430 g/mol. The molecule has 2 aromatic carbocycles. The van der Waals surface area contributed by atoms with Crippen molar-refractivity contribution in [1.29, 1.82) is 0 Å². The highest BCUT2D eigenvalue weighted by atomic mass is 16.2. The zero-order chi connectivity index (χ0) is 22.5. The van der Waals surface area contributed by atoms with E-state index in [1.165, 1.54) is 5.56 Å². The summed E-state index contributed by atoms with van der Waals surface area (Å²) in [6.45, 7) is 6.24. The molecule has 1 N–H and O–H groups in total. The number of aromatic nitrogens is 2. The number of amides is 2. The minimum atomic E-state index is -0.275. The summed E-state index contributed by atoms with van der Waals surface area (Å²) >= 11 is 0. The van der Waals surface area contributed by atoms with E-state index in [1.54, 1.807) is 10.9 Å². The Bertz CT molecular complexity index is 1100. The molecule has 1 aliphatic rings. The molecule has 1 fully saturated rings. The maximum absolute atomic E-state index is 13.1. The fourth-order valence-electron chi connectivity index (χ4n) is 4.05. The quantitative estimate of drug-likeness (QED) is 0.644. The Morgan fingerprint density at radius 2 is 1.72 bits per heavy atom. The van der Waals surface area contributed by atoms with Crippen LogP contribution in [0, 0.1) is 13.8 Å². The molecule has 166 valence electrons. The summed E-state index contributed by atoms with van der Waals surface area (Å²) in [5, 5.41) is 7.57. The van der Waals surface area contributed by atoms with E-state index in [1.807, 2.05) is 47.4 Å². The van der Waals surface area contributed by atoms with Gasteiger partial charge in [0.15, 0.2) is 0 Å². The smallest absolute Gasteiger partial charge is 0.255 e. The van der Waals surface area contributed by atoms with Crippen LogP contribution in [0.25, 0.3) is 11.3 Å². The van der Waals surface area contributed by atoms with E-state index in [-0.39, 0.29) is 18.4 Å². The van der Waals surface area contributed by atoms with Crippen molar-refractivity contribution >= 4 is 11.8 Å². The van der Waals surface area contributed by atoms with Gasteiger partial charge in [-0.25, -0.2) is 0 Å². The number of piperidine rings is 1. The van der Waals surface area contributed by atoms with E-state index < -0.39 is 0 Å². The van der Waals surface area contributed by atoms with E-state index in [0.29, 0.717) is 17.8 Å². The van der Waals surface area contributed by atoms with Crippen molar-refractivity contribution in [3.8, 4) is 11.3 Å². The predicted molar refractivity (Wildman–Crippen MR) is 125 cm³/mol. The number of nitrogens with zero attached hydrogens (tertiary/aromatic N) is 3. The topological polar surface area (TPSA) is 67.2 Å². The van der Waals surface area contributed by atoms with Crippen LogP contribution in [0.5, 0.6) is 0 Å². The number of carbonyl (C=O) groups is 2. The van der Waals surface area contributed by atoms with Gasteiger partial charge >= 0.3 is 0 Å². The Hall–Kier alpha value is -3.41. The average Bonchev–Trinajstić information content (AvgIpc) is 3.24. The first-order valence-electron chi connectivity index (χ1n) is 11.3. The molecule has 0 spiro atoms. The lowest BCUT2D eigenvalue weighted by molar-refractivity contribution is -0.130. The molecular weight excluding hydrogens is 400 g/mol. The fraction of sp³-hybridized carbons (Fsp3) is 0.346. The normalized spacial score (nSPS) is 13.8. The zero-order valence-corrected chi connectivity index (χ0v) is 18.8. The number of aryl methyl sites for hydroxylation is 2. The van der Waals surface area contributed by atoms with Gasteiger partial charge in [-0.3, -0.25) is 14.3 Å². The van der Waals surface area contributed by atoms with E-state index in [9.17, 15) is 9.59 Å². The van der Waals surface area contributed by atoms with Gasteiger partial charge in [-0.2, -0.15) is 5.10 Å². The summed E-state index contributed by atoms with van der Waals surface area (Å²) in [5.74, 6) is -0.301. The molecule has 0 unspecified atom stereocenters. The Morgan fingerprint density at radius 1 is 0.969 bits per heavy atom. The first-order valence-corrected chi connectivity index (χ1v) is 11.3. The lowest BCUT2D eigenvalue weighted by atomic mass is 10.0. The molecule has 2 heterocycles. The number of hydrogen-bond acceptors (Lipinski definition) is 3. The molecule has 4 rings (SSSR count). The Balaban J connectivity index is 1.57. The van der Waals surface area contributed by atoms with Crippen molar-refractivity contribution in [3.05, 3.63) is 77.0 Å². The molecule has 0 aliphatic carbocycles. The summed E-state index contributed by atoms with van der Waals surface area (Å²) in [6, 6.07) is 16.1. The van der Waals surface area contributed by atoms with Crippen molar-refractivity contribution in [2.24, 2.45) is 0 Å². The Labute approximate surface area is 189 Å². The van der Waals surface area contributed by atoms with Crippen LogP contribution in [0.15, 0.2) is 54.7 Å². The number of hydrogen-bond donors (Lipinski definition) is 1. The van der Waals surface area contributed by atoms with Gasteiger partial charge in [0.25, 0.3) is 5.91 Å². The van der Waals surface area contributed by atoms with Crippen molar-refractivity contribution in [3.63, 3.8) is 0 Å². The Morgan fingerprint density at radius 3 is 2.44 bits per heavy atom. The van der Waals surface area contributed by atoms with Crippen LogP contribution >= 0.6 is 0 Å². The molecule has 0 radical (unpaired) electrons. The SMILES string of the molecule is Cc1ccc(-c2nn(Cc3ccccc3)cc2C(=O)NCC(=O)N2CCCCC2)cc1C. The molecule has 0 saturated carbocycles. The van der Waals surface area contributed by atoms with Gasteiger partial charge in [-0.05, 0) is 55.9 Å². The highest BCUT2D eigenvalue weighted by Crippen LogP contribution is 2.25. The van der Waals surface area contributed by atoms with Crippen LogP contribution in [0.1, 0.15) is 46.3 Å². The summed E-state index contributed by atoms with van der Waals surface area (Å²) in [5.41, 5.74) is 5.45. The van der Waals surface area contributed by atoms with Crippen molar-refractivity contribution in [2.45, 2.75) is 39.7 Å². The van der Waals surface area contributed by atoms with Crippen LogP contribution in [-0.4, -0.2) is 46.1 Å². The van der Waals surface area contributed by atoms with E-state index >= 15 is 0 Å². The van der Waals surface area contributed by atoms with Crippen LogP contribution in [0.4, 0.5) is 0 Å². The lowest BCUT2D eigenvalue weighted by Gasteiger charge is -2.26. The molecule has 0 bridgehead atoms. The molecule has 2 amide bonds. The van der Waals surface area contributed by atoms with Gasteiger partial charge in [-0.15, -0.1) is 0 Å². The molecule has 0 atom stereocenters. The van der Waals surface area contributed by atoms with Gasteiger partial charge in [0.1, 0.15) is 5.69 Å². The second-order valence-corrected chi connectivity index (χ2v) is 8.50. The molecule has 6 nitrogen and oxygen atoms in total. The number of carbonyl (C=O) groups excluding carboxylic acids is 2. The minimum absolute atomic E-state index is 0.00899. The van der Waals surface area contributed by atoms with Crippen LogP contribution in [-0.2, 0) is 11.3 Å². The first-order chi connectivity index (χ1) is 15.5. The maximum atomic E-state index is 13.1. The second-order valence-electron chi connectivity index (χ2n) is 8.50. The van der Waals surface area contributed by atoms with Crippen LogP contribution < -0.4 is 5.32 Å². The van der Waals surface area contributed by atoms with Gasteiger partial charge in [0.2, 0.25) is 5.91 Å². The third-order valence-corrected chi connectivity index (χ3v) is 6.08. The maximum Gasteiger partial charge on any atom is 0.255 e. The average molecular weight is 431 g/mol. The van der Waals surface area contributed by atoms with Gasteiger partial charge in [0.05, 0.1) is 18.7 Å². The molecular formula is C26H30N4O2. The molecule has 32 heavy (non-hydrogen) atoms. The zero-order valence-electron chi connectivity index (χ0n) is 18.8. The molecule has 1 aromatic heterocycles. The summed E-state index contributed by atoms with van der Waals surface area (Å²) in [7, 11) is 0. The van der Waals surface area contributed by atoms with Gasteiger partial charge in [-0.1, -0.05) is 42.5 Å². The van der Waals surface area contributed by atoms with Gasteiger partial charge in [0, 0.05) is 24.8 Å². The van der Waals surface area contributed by atoms with Crippen molar-refractivity contribution in [1.82, 2.24) is 20.0 Å². The standard InChI is InChI=1S/C26H30N4O2/c1-19-11-12-22(15-20(19)2)25-23(18-30(28-25)17-21-9-5-3-6-10-21)26(32)27-16-24(31)29-13-7-4-8-14-29/h3,5-6,9-12,15,18H,4,7-8,13-14,16-17H2,1-2H3,(H,27,32). The summed E-state index contributed by atoms with van der Waals surface area (Å²) < 4.78 is 1.79.